The summed E-state index contributed by atoms with van der Waals surface area (Å²) in [4.78, 5) is 4.66. The molecule has 0 amide bonds. The van der Waals surface area contributed by atoms with E-state index in [4.69, 9.17) is 0 Å². The summed E-state index contributed by atoms with van der Waals surface area (Å²) in [6, 6.07) is 43.8. The Morgan fingerprint density at radius 1 is 0.560 bits per heavy atom. The number of benzene rings is 4. The lowest BCUT2D eigenvalue weighted by Crippen LogP contribution is -3.00. The number of fused-ring (bicyclic) bond motifs is 2. The molecule has 50 heavy (non-hydrogen) atoms. The van der Waals surface area contributed by atoms with E-state index in [0.29, 0.717) is 5.92 Å². The lowest BCUT2D eigenvalue weighted by Gasteiger charge is -2.18. The molecule has 6 rings (SSSR count). The van der Waals surface area contributed by atoms with Crippen molar-refractivity contribution >= 4 is 33.2 Å². The quantitative estimate of drug-likeness (QED) is 0.0526. The van der Waals surface area contributed by atoms with Crippen LogP contribution in [0.25, 0.3) is 21.8 Å². The summed E-state index contributed by atoms with van der Waals surface area (Å²) in [5, 5.41) is 9.99. The fourth-order valence-corrected chi connectivity index (χ4v) is 7.30. The van der Waals surface area contributed by atoms with Crippen molar-refractivity contribution in [2.75, 3.05) is 23.7 Å². The van der Waals surface area contributed by atoms with Crippen molar-refractivity contribution in [1.82, 2.24) is 4.98 Å². The normalized spacial score (nSPS) is 11.2. The van der Waals surface area contributed by atoms with Gasteiger partial charge in [0.1, 0.15) is 6.54 Å². The fraction of sp³-hybridized carbons (Fsp3) is 0.333. The van der Waals surface area contributed by atoms with Gasteiger partial charge in [-0.05, 0) is 49.1 Å². The number of halogens is 1. The van der Waals surface area contributed by atoms with Gasteiger partial charge in [0.05, 0.1) is 16.6 Å². The molecule has 0 spiro atoms. The molecule has 0 saturated carbocycles. The summed E-state index contributed by atoms with van der Waals surface area (Å²) in [5.74, 6) is 0.367. The molecule has 5 heteroatoms. The van der Waals surface area contributed by atoms with Gasteiger partial charge in [-0.2, -0.15) is 4.57 Å². The lowest BCUT2D eigenvalue weighted by molar-refractivity contribution is -0.678. The lowest BCUT2D eigenvalue weighted by atomic mass is 9.88. The number of nitrogens with zero attached hydrogens (tertiary/aromatic N) is 2. The van der Waals surface area contributed by atoms with Crippen LogP contribution in [-0.4, -0.2) is 18.1 Å². The number of aryl methyl sites for hydroxylation is 3. The van der Waals surface area contributed by atoms with Gasteiger partial charge in [-0.15, -0.1) is 0 Å². The largest absolute Gasteiger partial charge is 1.00 e. The van der Waals surface area contributed by atoms with Gasteiger partial charge in [0.25, 0.3) is 0 Å². The van der Waals surface area contributed by atoms with Crippen molar-refractivity contribution < 1.29 is 28.5 Å². The average molecular weight is 777 g/mol. The van der Waals surface area contributed by atoms with Crippen molar-refractivity contribution in [3.63, 3.8) is 0 Å². The minimum atomic E-state index is 0. The zero-order chi connectivity index (χ0) is 33.7. The number of nitrogens with one attached hydrogen (secondary N) is 2. The van der Waals surface area contributed by atoms with Crippen LogP contribution in [0.2, 0.25) is 0 Å². The monoisotopic (exact) mass is 776 g/mol. The first kappa shape index (κ1) is 37.3. The van der Waals surface area contributed by atoms with Crippen molar-refractivity contribution in [2.45, 2.75) is 84.1 Å². The standard InChI is InChI=1S/C45H52N4.HI/c1-35-33-43(40-25-15-17-27-42(40)48-35)46-30-19-7-5-3-4-6-8-20-31-47-44-34-36(2)49(45-28-18-16-26-41(44)45)32-29-39(37-21-11-9-12-22-37)38-23-13-10-14-24-38;/h9-18,21-28,33-34,39H,3-8,19-20,29-32H2,1-2H3,(H,46,48);1H. The number of anilines is 2. The van der Waals surface area contributed by atoms with Crippen LogP contribution >= 0.6 is 0 Å². The predicted octanol–water partition coefficient (Wildman–Crippen LogP) is 8.16. The van der Waals surface area contributed by atoms with E-state index >= 15 is 0 Å². The third kappa shape index (κ3) is 10.1. The van der Waals surface area contributed by atoms with E-state index in [0.717, 1.165) is 37.3 Å². The molecule has 0 aliphatic rings. The van der Waals surface area contributed by atoms with Crippen molar-refractivity contribution in [3.05, 3.63) is 144 Å². The minimum Gasteiger partial charge on any atom is -1.00 e. The zero-order valence-electron chi connectivity index (χ0n) is 29.9. The second-order valence-corrected chi connectivity index (χ2v) is 13.5. The van der Waals surface area contributed by atoms with Gasteiger partial charge in [0.2, 0.25) is 5.52 Å². The van der Waals surface area contributed by atoms with Crippen LogP contribution in [0.5, 0.6) is 0 Å². The summed E-state index contributed by atoms with van der Waals surface area (Å²) in [6.45, 7) is 7.35. The van der Waals surface area contributed by atoms with Crippen LogP contribution in [0.15, 0.2) is 121 Å². The Balaban J connectivity index is 0.00000486. The average Bonchev–Trinajstić information content (AvgIpc) is 3.14. The SMILES string of the molecule is Cc1cc(NCCCCCCCCCCNc2cc(C)[n+](CCC(c3ccccc3)c3ccccc3)c3ccccc23)c2ccccc2n1.[I-]. The molecule has 2 N–H and O–H groups in total. The Hall–Kier alpha value is -3.97. The Morgan fingerprint density at radius 2 is 1.06 bits per heavy atom. The first-order valence-corrected chi connectivity index (χ1v) is 18.5. The summed E-state index contributed by atoms with van der Waals surface area (Å²) in [6.07, 6.45) is 11.4. The summed E-state index contributed by atoms with van der Waals surface area (Å²) < 4.78 is 2.51. The molecule has 2 heterocycles. The third-order valence-corrected chi connectivity index (χ3v) is 9.89. The molecule has 4 aromatic carbocycles. The third-order valence-electron chi connectivity index (χ3n) is 9.89. The number of pyridine rings is 2. The minimum absolute atomic E-state index is 0. The molecule has 0 saturated heterocycles. The molecule has 4 nitrogen and oxygen atoms in total. The van der Waals surface area contributed by atoms with Gasteiger partial charge in [0, 0.05) is 61.3 Å². The second kappa shape index (κ2) is 19.4. The van der Waals surface area contributed by atoms with Gasteiger partial charge in [0.15, 0.2) is 5.69 Å². The highest BCUT2D eigenvalue weighted by atomic mass is 127. The molecule has 0 aliphatic heterocycles. The molecule has 260 valence electrons. The smallest absolute Gasteiger partial charge is 0.214 e. The van der Waals surface area contributed by atoms with Crippen molar-refractivity contribution in [1.29, 1.82) is 0 Å². The number of hydrogen-bond acceptors (Lipinski definition) is 3. The number of unbranched alkanes of at least 4 members (excludes halogenated alkanes) is 7. The molecule has 0 aliphatic carbocycles. The summed E-state index contributed by atoms with van der Waals surface area (Å²) in [7, 11) is 0. The van der Waals surface area contributed by atoms with Crippen molar-refractivity contribution in [3.8, 4) is 0 Å². The van der Waals surface area contributed by atoms with E-state index in [1.54, 1.807) is 0 Å². The summed E-state index contributed by atoms with van der Waals surface area (Å²) in [5.41, 5.74) is 9.99. The van der Waals surface area contributed by atoms with Gasteiger partial charge in [-0.1, -0.05) is 130 Å². The Bertz CT molecular complexity index is 1870. The highest BCUT2D eigenvalue weighted by Gasteiger charge is 2.21. The molecule has 0 radical (unpaired) electrons. The van der Waals surface area contributed by atoms with Crippen LogP contribution in [0, 0.1) is 13.8 Å². The van der Waals surface area contributed by atoms with Gasteiger partial charge in [-0.3, -0.25) is 4.98 Å². The van der Waals surface area contributed by atoms with E-state index in [1.165, 1.54) is 95.9 Å². The maximum atomic E-state index is 4.66. The van der Waals surface area contributed by atoms with Crippen LogP contribution in [0.1, 0.15) is 86.2 Å². The maximum absolute atomic E-state index is 4.66. The number of aromatic nitrogens is 2. The molecular formula is C45H53IN4. The van der Waals surface area contributed by atoms with Crippen LogP contribution in [-0.2, 0) is 6.54 Å². The van der Waals surface area contributed by atoms with Gasteiger partial charge in [-0.25, -0.2) is 0 Å². The van der Waals surface area contributed by atoms with E-state index in [2.05, 4.69) is 155 Å². The highest BCUT2D eigenvalue weighted by Crippen LogP contribution is 2.29. The first-order valence-electron chi connectivity index (χ1n) is 18.5. The van der Waals surface area contributed by atoms with E-state index in [-0.39, 0.29) is 24.0 Å². The fourth-order valence-electron chi connectivity index (χ4n) is 7.30. The Kier molecular flexibility index (Phi) is 14.5. The molecule has 2 aromatic heterocycles. The molecule has 6 aromatic rings. The topological polar surface area (TPSA) is 40.8 Å². The van der Waals surface area contributed by atoms with E-state index in [9.17, 15) is 0 Å². The van der Waals surface area contributed by atoms with Gasteiger partial charge >= 0.3 is 0 Å². The highest BCUT2D eigenvalue weighted by molar-refractivity contribution is 5.91. The Morgan fingerprint density at radius 3 is 1.68 bits per heavy atom. The summed E-state index contributed by atoms with van der Waals surface area (Å²) >= 11 is 0. The maximum Gasteiger partial charge on any atom is 0.214 e. The van der Waals surface area contributed by atoms with E-state index < -0.39 is 0 Å². The number of hydrogen-bond donors (Lipinski definition) is 2. The zero-order valence-corrected chi connectivity index (χ0v) is 32.0. The number of para-hydroxylation sites is 2. The molecular weight excluding hydrogens is 723 g/mol. The van der Waals surface area contributed by atoms with Crippen molar-refractivity contribution in [2.24, 2.45) is 0 Å². The Labute approximate surface area is 316 Å². The number of rotatable bonds is 18. The van der Waals surface area contributed by atoms with E-state index in [1.807, 2.05) is 0 Å². The van der Waals surface area contributed by atoms with Crippen LogP contribution < -0.4 is 39.2 Å². The van der Waals surface area contributed by atoms with Crippen LogP contribution in [0.4, 0.5) is 11.4 Å². The first-order chi connectivity index (χ1) is 24.2. The molecule has 0 atom stereocenters. The van der Waals surface area contributed by atoms with Crippen LogP contribution in [0.3, 0.4) is 0 Å². The molecule has 0 fully saturated rings. The molecule has 0 bridgehead atoms. The van der Waals surface area contributed by atoms with Gasteiger partial charge < -0.3 is 34.6 Å². The predicted molar refractivity (Wildman–Crippen MR) is 209 cm³/mol. The second-order valence-electron chi connectivity index (χ2n) is 13.5. The molecule has 0 unspecified atom stereocenters.